The van der Waals surface area contributed by atoms with Crippen LogP contribution in [0.4, 0.5) is 5.82 Å². The van der Waals surface area contributed by atoms with Gasteiger partial charge in [0.05, 0.1) is 5.69 Å². The van der Waals surface area contributed by atoms with E-state index in [1.807, 2.05) is 22.9 Å². The zero-order valence-corrected chi connectivity index (χ0v) is 8.35. The molecule has 0 fully saturated rings. The molecule has 0 aromatic carbocycles. The van der Waals surface area contributed by atoms with Crippen LogP contribution in [0.1, 0.15) is 6.42 Å². The molecule has 0 aliphatic carbocycles. The first-order valence-corrected chi connectivity index (χ1v) is 5.16. The van der Waals surface area contributed by atoms with Crippen LogP contribution in [-0.2, 0) is 6.54 Å². The molecule has 1 aliphatic heterocycles. The van der Waals surface area contributed by atoms with Crippen LogP contribution in [0, 0.1) is 0 Å². The van der Waals surface area contributed by atoms with Crippen molar-refractivity contribution in [3.05, 3.63) is 30.5 Å². The van der Waals surface area contributed by atoms with Crippen molar-refractivity contribution in [2.24, 2.45) is 0 Å². The summed E-state index contributed by atoms with van der Waals surface area (Å²) in [5.74, 6) is 1.10. The topological polar surface area (TPSA) is 42.7 Å². The van der Waals surface area contributed by atoms with Crippen LogP contribution in [0.15, 0.2) is 30.5 Å². The summed E-state index contributed by atoms with van der Waals surface area (Å²) in [7, 11) is 0. The third-order valence-corrected chi connectivity index (χ3v) is 2.56. The second-order valence-corrected chi connectivity index (χ2v) is 3.63. The number of hydrogen-bond donors (Lipinski definition) is 1. The molecule has 0 saturated heterocycles. The summed E-state index contributed by atoms with van der Waals surface area (Å²) in [5, 5.41) is 7.84. The largest absolute Gasteiger partial charge is 0.370 e. The van der Waals surface area contributed by atoms with Gasteiger partial charge in [0, 0.05) is 25.4 Å². The fraction of sp³-hybridized carbons (Fsp3) is 0.273. The Morgan fingerprint density at radius 3 is 3.07 bits per heavy atom. The molecular formula is C11H12N4. The second-order valence-electron chi connectivity index (χ2n) is 3.63. The number of aryl methyl sites for hydroxylation is 1. The van der Waals surface area contributed by atoms with Gasteiger partial charge in [-0.15, -0.1) is 0 Å². The van der Waals surface area contributed by atoms with E-state index in [1.54, 1.807) is 6.20 Å². The van der Waals surface area contributed by atoms with Crippen LogP contribution in [0.25, 0.3) is 11.4 Å². The smallest absolute Gasteiger partial charge is 0.124 e. The highest BCUT2D eigenvalue weighted by atomic mass is 15.3. The molecular weight excluding hydrogens is 188 g/mol. The fourth-order valence-corrected chi connectivity index (χ4v) is 1.81. The van der Waals surface area contributed by atoms with Crippen LogP contribution < -0.4 is 5.32 Å². The number of aromatic nitrogens is 3. The van der Waals surface area contributed by atoms with Gasteiger partial charge in [-0.3, -0.25) is 4.98 Å². The molecule has 2 aromatic heterocycles. The summed E-state index contributed by atoms with van der Waals surface area (Å²) in [6.07, 6.45) is 2.93. The van der Waals surface area contributed by atoms with Gasteiger partial charge in [0.1, 0.15) is 11.5 Å². The molecule has 4 heteroatoms. The van der Waals surface area contributed by atoms with Gasteiger partial charge in [-0.1, -0.05) is 6.07 Å². The number of nitrogens with one attached hydrogen (secondary N) is 1. The molecule has 0 amide bonds. The van der Waals surface area contributed by atoms with E-state index < -0.39 is 0 Å². The Kier molecular flexibility index (Phi) is 1.91. The van der Waals surface area contributed by atoms with Crippen molar-refractivity contribution in [2.45, 2.75) is 13.0 Å². The maximum atomic E-state index is 4.51. The minimum Gasteiger partial charge on any atom is -0.370 e. The van der Waals surface area contributed by atoms with Crippen LogP contribution >= 0.6 is 0 Å². The molecule has 0 bridgehead atoms. The van der Waals surface area contributed by atoms with Crippen LogP contribution in [0.3, 0.4) is 0 Å². The highest BCUT2D eigenvalue weighted by Crippen LogP contribution is 2.21. The van der Waals surface area contributed by atoms with Crippen molar-refractivity contribution < 1.29 is 0 Å². The Hall–Kier alpha value is -1.84. The molecule has 0 radical (unpaired) electrons. The van der Waals surface area contributed by atoms with Gasteiger partial charge < -0.3 is 5.32 Å². The zero-order valence-electron chi connectivity index (χ0n) is 8.35. The van der Waals surface area contributed by atoms with Gasteiger partial charge in [0.2, 0.25) is 0 Å². The molecule has 0 unspecified atom stereocenters. The third-order valence-electron chi connectivity index (χ3n) is 2.56. The Bertz CT molecular complexity index is 437. The maximum Gasteiger partial charge on any atom is 0.124 e. The van der Waals surface area contributed by atoms with E-state index in [2.05, 4.69) is 21.5 Å². The van der Waals surface area contributed by atoms with E-state index >= 15 is 0 Å². The highest BCUT2D eigenvalue weighted by Gasteiger charge is 2.12. The monoisotopic (exact) mass is 200 g/mol. The second kappa shape index (κ2) is 3.38. The molecule has 1 aliphatic rings. The lowest BCUT2D eigenvalue weighted by Crippen LogP contribution is -2.17. The summed E-state index contributed by atoms with van der Waals surface area (Å²) in [6, 6.07) is 7.93. The van der Waals surface area contributed by atoms with E-state index in [1.165, 1.54) is 0 Å². The van der Waals surface area contributed by atoms with Gasteiger partial charge >= 0.3 is 0 Å². The molecule has 0 saturated carbocycles. The molecule has 3 heterocycles. The standard InChI is InChI=1S/C11H12N4/c1-2-5-12-9(4-1)10-8-11-13-6-3-7-15(11)14-10/h1-2,4-5,8,13H,3,6-7H2. The van der Waals surface area contributed by atoms with Gasteiger partial charge in [-0.2, -0.15) is 5.10 Å². The number of rotatable bonds is 1. The van der Waals surface area contributed by atoms with Crippen molar-refractivity contribution in [3.63, 3.8) is 0 Å². The van der Waals surface area contributed by atoms with Crippen molar-refractivity contribution in [3.8, 4) is 11.4 Å². The Morgan fingerprint density at radius 2 is 2.27 bits per heavy atom. The SMILES string of the molecule is c1ccc(-c2cc3n(n2)CCCN3)nc1. The van der Waals surface area contributed by atoms with Gasteiger partial charge in [-0.25, -0.2) is 4.68 Å². The summed E-state index contributed by atoms with van der Waals surface area (Å²) < 4.78 is 2.01. The normalized spacial score (nSPS) is 14.4. The Labute approximate surface area is 88.0 Å². The van der Waals surface area contributed by atoms with E-state index in [4.69, 9.17) is 0 Å². The first kappa shape index (κ1) is 8.47. The quantitative estimate of drug-likeness (QED) is 0.762. The van der Waals surface area contributed by atoms with Crippen LogP contribution in [0.5, 0.6) is 0 Å². The van der Waals surface area contributed by atoms with E-state index in [9.17, 15) is 0 Å². The predicted octanol–water partition coefficient (Wildman–Crippen LogP) is 1.76. The Morgan fingerprint density at radius 1 is 1.27 bits per heavy atom. The molecule has 1 N–H and O–H groups in total. The van der Waals surface area contributed by atoms with E-state index in [0.29, 0.717) is 0 Å². The minimum absolute atomic E-state index is 0.932. The minimum atomic E-state index is 0.932. The van der Waals surface area contributed by atoms with Crippen molar-refractivity contribution in [1.29, 1.82) is 0 Å². The van der Waals surface area contributed by atoms with Crippen molar-refractivity contribution >= 4 is 5.82 Å². The van der Waals surface area contributed by atoms with Crippen LogP contribution in [-0.4, -0.2) is 21.3 Å². The first-order valence-electron chi connectivity index (χ1n) is 5.16. The summed E-state index contributed by atoms with van der Waals surface area (Å²) in [4.78, 5) is 4.29. The van der Waals surface area contributed by atoms with E-state index in [-0.39, 0.29) is 0 Å². The van der Waals surface area contributed by atoms with Crippen LogP contribution in [0.2, 0.25) is 0 Å². The molecule has 3 rings (SSSR count). The summed E-state index contributed by atoms with van der Waals surface area (Å²) in [5.41, 5.74) is 1.88. The highest BCUT2D eigenvalue weighted by molar-refractivity contribution is 5.59. The molecule has 0 spiro atoms. The fourth-order valence-electron chi connectivity index (χ4n) is 1.81. The zero-order chi connectivity index (χ0) is 10.1. The number of hydrogen-bond acceptors (Lipinski definition) is 3. The maximum absolute atomic E-state index is 4.51. The lowest BCUT2D eigenvalue weighted by Gasteiger charge is -2.14. The first-order chi connectivity index (χ1) is 7.43. The summed E-state index contributed by atoms with van der Waals surface area (Å²) >= 11 is 0. The average molecular weight is 200 g/mol. The molecule has 76 valence electrons. The average Bonchev–Trinajstić information content (AvgIpc) is 2.74. The lowest BCUT2D eigenvalue weighted by molar-refractivity contribution is 0.569. The number of anilines is 1. The lowest BCUT2D eigenvalue weighted by atomic mass is 10.3. The Balaban J connectivity index is 2.03. The molecule has 0 atom stereocenters. The number of pyridine rings is 1. The molecule has 2 aromatic rings. The van der Waals surface area contributed by atoms with Crippen molar-refractivity contribution in [2.75, 3.05) is 11.9 Å². The van der Waals surface area contributed by atoms with Gasteiger partial charge in [-0.05, 0) is 18.6 Å². The number of fused-ring (bicyclic) bond motifs is 1. The van der Waals surface area contributed by atoms with E-state index in [0.717, 1.165) is 36.7 Å². The summed E-state index contributed by atoms with van der Waals surface area (Å²) in [6.45, 7) is 2.03. The molecule has 15 heavy (non-hydrogen) atoms. The van der Waals surface area contributed by atoms with Gasteiger partial charge in [0.15, 0.2) is 0 Å². The van der Waals surface area contributed by atoms with Gasteiger partial charge in [0.25, 0.3) is 0 Å². The third kappa shape index (κ3) is 1.48. The molecule has 4 nitrogen and oxygen atoms in total. The predicted molar refractivity (Wildman–Crippen MR) is 58.6 cm³/mol. The number of nitrogens with zero attached hydrogens (tertiary/aromatic N) is 3. The van der Waals surface area contributed by atoms with Crippen molar-refractivity contribution in [1.82, 2.24) is 14.8 Å².